The average molecular weight is 993 g/mol. The molecule has 0 spiro atoms. The fourth-order valence-corrected chi connectivity index (χ4v) is 3.97. The molecule has 4 N–H and O–H groups in total. The number of hydrogen-bond acceptors (Lipinski definition) is 8. The first-order chi connectivity index (χ1) is 21.5. The zero-order valence-electron chi connectivity index (χ0n) is 27.3. The summed E-state index contributed by atoms with van der Waals surface area (Å²) < 4.78 is 0. The summed E-state index contributed by atoms with van der Waals surface area (Å²) >= 11 is 0. The Bertz CT molecular complexity index is 1400. The first-order valence-electron chi connectivity index (χ1n) is 14.9. The topological polar surface area (TPSA) is 132 Å². The number of rotatable bonds is 7. The van der Waals surface area contributed by atoms with Gasteiger partial charge in [-0.15, -0.1) is 71.8 Å². The van der Waals surface area contributed by atoms with Crippen molar-refractivity contribution in [3.8, 4) is 33.8 Å². The Kier molecular flexibility index (Phi) is 23.4. The normalized spacial score (nSPS) is 12.3. The van der Waals surface area contributed by atoms with Crippen molar-refractivity contribution in [2.24, 2.45) is 0 Å². The van der Waals surface area contributed by atoms with Crippen LogP contribution in [0.4, 0.5) is 0 Å². The van der Waals surface area contributed by atoms with Crippen molar-refractivity contribution in [1.29, 1.82) is 0 Å². The van der Waals surface area contributed by atoms with Crippen LogP contribution in [0.3, 0.4) is 0 Å². The van der Waals surface area contributed by atoms with Crippen LogP contribution in [0, 0.1) is 19.1 Å². The summed E-state index contributed by atoms with van der Waals surface area (Å²) in [7, 11) is 0. The van der Waals surface area contributed by atoms with Crippen molar-refractivity contribution in [3.05, 3.63) is 121 Å². The van der Waals surface area contributed by atoms with Crippen molar-refractivity contribution in [1.82, 2.24) is 19.9 Å². The maximum Gasteiger partial charge on any atom is 0.106 e. The molecule has 4 unspecified atom stereocenters. The van der Waals surface area contributed by atoms with Gasteiger partial charge in [0.05, 0.1) is 30.1 Å². The molecule has 0 aliphatic carbocycles. The fourth-order valence-electron chi connectivity index (χ4n) is 3.97. The molecule has 2 radical (unpaired) electrons. The van der Waals surface area contributed by atoms with Gasteiger partial charge in [0.1, 0.15) is 12.7 Å². The summed E-state index contributed by atoms with van der Waals surface area (Å²) in [6, 6.07) is 35.9. The van der Waals surface area contributed by atoms with Crippen molar-refractivity contribution >= 4 is 0 Å². The summed E-state index contributed by atoms with van der Waals surface area (Å²) in [6.45, 7) is 8.59. The summed E-state index contributed by atoms with van der Waals surface area (Å²) in [6.07, 6.45) is 2.62. The van der Waals surface area contributed by atoms with E-state index in [9.17, 15) is 0 Å². The number of hydrogen-bond donors (Lipinski definition) is 4. The van der Waals surface area contributed by atoms with Crippen LogP contribution in [0.2, 0.25) is 0 Å². The van der Waals surface area contributed by atoms with Crippen LogP contribution in [0.15, 0.2) is 104 Å². The molecule has 0 fully saturated rings. The van der Waals surface area contributed by atoms with Crippen LogP contribution in [0.5, 0.6) is 0 Å². The van der Waals surface area contributed by atoms with E-state index in [-0.39, 0.29) is 64.6 Å². The summed E-state index contributed by atoms with van der Waals surface area (Å²) in [5.74, 6) is 0. The van der Waals surface area contributed by atoms with Gasteiger partial charge in [0.15, 0.2) is 0 Å². The first kappa shape index (κ1) is 44.0. The minimum absolute atomic E-state index is 0. The number of benzene rings is 3. The summed E-state index contributed by atoms with van der Waals surface area (Å²) in [5, 5.41) is 34.3. The second kappa shape index (κ2) is 25.0. The van der Waals surface area contributed by atoms with Crippen LogP contribution < -0.4 is 0 Å². The quantitative estimate of drug-likeness (QED) is 0.143. The predicted octanol–water partition coefficient (Wildman–Crippen LogP) is 6.13. The maximum atomic E-state index is 8.56. The molecule has 2 heterocycles. The summed E-state index contributed by atoms with van der Waals surface area (Å²) in [5.41, 5.74) is 6.81. The Morgan fingerprint density at radius 1 is 0.532 bits per heavy atom. The molecule has 2 aromatic heterocycles. The Morgan fingerprint density at radius 2 is 0.936 bits per heavy atom. The zero-order chi connectivity index (χ0) is 33.0. The molecule has 10 heteroatoms. The molecule has 0 saturated heterocycles. The van der Waals surface area contributed by atoms with Crippen molar-refractivity contribution < 1.29 is 60.6 Å². The van der Waals surface area contributed by atoms with Gasteiger partial charge in [-0.2, -0.15) is 0 Å². The van der Waals surface area contributed by atoms with Crippen LogP contribution in [0.25, 0.3) is 33.8 Å². The van der Waals surface area contributed by atoms with Gasteiger partial charge in [-0.1, -0.05) is 42.5 Å². The van der Waals surface area contributed by atoms with Crippen molar-refractivity contribution in [3.63, 3.8) is 0 Å². The van der Waals surface area contributed by atoms with E-state index in [1.807, 2.05) is 97.9 Å². The van der Waals surface area contributed by atoms with Crippen LogP contribution >= 0.6 is 0 Å². The molecule has 5 aromatic rings. The van der Waals surface area contributed by atoms with E-state index in [4.69, 9.17) is 20.4 Å². The summed E-state index contributed by atoms with van der Waals surface area (Å²) in [4.78, 5) is 16.8. The Balaban J connectivity index is 0.000000645. The number of aliphatic hydroxyl groups is 4. The third kappa shape index (κ3) is 19.4. The second-order valence-electron chi connectivity index (χ2n) is 10.6. The number of aromatic nitrogens is 4. The van der Waals surface area contributed by atoms with Gasteiger partial charge in [0, 0.05) is 45.9 Å². The van der Waals surface area contributed by atoms with Crippen molar-refractivity contribution in [2.45, 2.75) is 71.9 Å². The van der Waals surface area contributed by atoms with Gasteiger partial charge in [0.2, 0.25) is 0 Å². The van der Waals surface area contributed by atoms with E-state index in [2.05, 4.69) is 32.1 Å². The Hall–Kier alpha value is -3.04. The minimum Gasteiger partial charge on any atom is -0.393 e. The fraction of sp³-hybridized carbons (Fsp3) is 0.297. The molecule has 47 heavy (non-hydrogen) atoms. The van der Waals surface area contributed by atoms with Gasteiger partial charge in [-0.05, 0) is 64.4 Å². The first-order valence-corrected chi connectivity index (χ1v) is 14.9. The Morgan fingerprint density at radius 3 is 1.32 bits per heavy atom. The van der Waals surface area contributed by atoms with Crippen molar-refractivity contribution in [2.75, 3.05) is 0 Å². The molecule has 0 amide bonds. The molecule has 0 bridgehead atoms. The molecule has 3 aromatic carbocycles. The number of aliphatic hydroxyl groups excluding tert-OH is 4. The SMILES string of the molecule is CC(O)CC(C)O.CC(O)CC(C)O.Cc1cc(-c2[c-]cccc2)ncn1.[Ir].[Ir].[c-]1ccccc1-c1cc(-c2ccccc2)ncn1. The van der Waals surface area contributed by atoms with E-state index in [0.29, 0.717) is 12.8 Å². The molecule has 5 rings (SSSR count). The van der Waals surface area contributed by atoms with E-state index in [1.165, 1.54) is 0 Å². The molecule has 0 saturated carbocycles. The third-order valence-electron chi connectivity index (χ3n) is 5.87. The molecule has 0 aliphatic heterocycles. The van der Waals surface area contributed by atoms with Crippen LogP contribution in [-0.4, -0.2) is 64.8 Å². The second-order valence-corrected chi connectivity index (χ2v) is 10.6. The Labute approximate surface area is 306 Å². The smallest absolute Gasteiger partial charge is 0.106 e. The maximum absolute atomic E-state index is 8.56. The van der Waals surface area contributed by atoms with Gasteiger partial charge >= 0.3 is 0 Å². The molecule has 8 nitrogen and oxygen atoms in total. The van der Waals surface area contributed by atoms with E-state index in [0.717, 1.165) is 39.5 Å². The average Bonchev–Trinajstić information content (AvgIpc) is 3.02. The minimum atomic E-state index is -0.375. The monoisotopic (exact) mass is 994 g/mol. The molecular weight excluding hydrogens is 949 g/mol. The van der Waals surface area contributed by atoms with Crippen LogP contribution in [-0.2, 0) is 40.2 Å². The van der Waals surface area contributed by atoms with Gasteiger partial charge < -0.3 is 20.4 Å². The molecule has 0 aliphatic rings. The number of nitrogens with zero attached hydrogens (tertiary/aromatic N) is 4. The van der Waals surface area contributed by atoms with E-state index >= 15 is 0 Å². The number of aryl methyl sites for hydroxylation is 1. The van der Waals surface area contributed by atoms with Gasteiger partial charge in [-0.25, -0.2) is 9.97 Å². The van der Waals surface area contributed by atoms with Crippen LogP contribution in [0.1, 0.15) is 46.2 Å². The van der Waals surface area contributed by atoms with E-state index < -0.39 is 0 Å². The standard InChI is InChI=1S/C16H11N2.C11H9N2.2C5H12O2.2Ir/c1-3-7-13(8-4-1)15-11-16(18-12-17-15)14-9-5-2-6-10-14;1-9-7-11(13-8-12-9)10-5-3-2-4-6-10;2*1-4(6)3-5(2)7;;/h1-9,11-12H;2-5,7-8H,1H3;2*4-7H,3H2,1-2H3;;/q2*-1;;;;. The predicted molar refractivity (Wildman–Crippen MR) is 179 cm³/mol. The third-order valence-corrected chi connectivity index (χ3v) is 5.87. The molecular formula is C37H44Ir2N4O4-2. The zero-order valence-corrected chi connectivity index (χ0v) is 32.1. The van der Waals surface area contributed by atoms with Gasteiger partial charge in [0.25, 0.3) is 0 Å². The molecule has 256 valence electrons. The van der Waals surface area contributed by atoms with Gasteiger partial charge in [-0.3, -0.25) is 9.97 Å². The largest absolute Gasteiger partial charge is 0.393 e. The molecule has 4 atom stereocenters. The van der Waals surface area contributed by atoms with E-state index in [1.54, 1.807) is 40.3 Å².